The van der Waals surface area contributed by atoms with Gasteiger partial charge in [0.25, 0.3) is 0 Å². The Morgan fingerprint density at radius 1 is 0.762 bits per heavy atom. The highest BCUT2D eigenvalue weighted by Crippen LogP contribution is 2.45. The molecule has 0 heterocycles. The fourth-order valence-corrected chi connectivity index (χ4v) is 6.43. The van der Waals surface area contributed by atoms with Gasteiger partial charge in [0.1, 0.15) is 0 Å². The van der Waals surface area contributed by atoms with Gasteiger partial charge >= 0.3 is 0 Å². The second kappa shape index (κ2) is 16.1. The zero-order valence-electron chi connectivity index (χ0n) is 28.0. The fourth-order valence-electron chi connectivity index (χ4n) is 6.43. The van der Waals surface area contributed by atoms with Crippen molar-refractivity contribution in [2.75, 3.05) is 0 Å². The van der Waals surface area contributed by atoms with Gasteiger partial charge in [-0.3, -0.25) is 0 Å². The van der Waals surface area contributed by atoms with Gasteiger partial charge in [-0.05, 0) is 83.1 Å². The molecule has 2 heteroatoms. The van der Waals surface area contributed by atoms with Crippen LogP contribution in [0.25, 0.3) is 0 Å². The highest BCUT2D eigenvalue weighted by Gasteiger charge is 2.39. The smallest absolute Gasteiger partial charge is 0.0586 e. The molecule has 0 amide bonds. The quantitative estimate of drug-likeness (QED) is 0.226. The minimum atomic E-state index is -0.259. The molecule has 0 aliphatic heterocycles. The van der Waals surface area contributed by atoms with E-state index in [2.05, 4.69) is 141 Å². The summed E-state index contributed by atoms with van der Waals surface area (Å²) in [6.45, 7) is 21.6. The van der Waals surface area contributed by atoms with Crippen molar-refractivity contribution in [3.05, 3.63) is 106 Å². The number of allylic oxidation sites excluding steroid dienone is 17. The van der Waals surface area contributed by atoms with E-state index in [1.807, 2.05) is 13.0 Å². The van der Waals surface area contributed by atoms with Crippen LogP contribution in [0.1, 0.15) is 94.9 Å². The summed E-state index contributed by atoms with van der Waals surface area (Å²) in [7, 11) is 0. The average molecular weight is 569 g/mol. The summed E-state index contributed by atoms with van der Waals surface area (Å²) in [5, 5.41) is 20.2. The van der Waals surface area contributed by atoms with Crippen LogP contribution in [-0.4, -0.2) is 22.4 Å². The van der Waals surface area contributed by atoms with Crippen LogP contribution in [0.5, 0.6) is 0 Å². The molecule has 0 aromatic heterocycles. The maximum absolute atomic E-state index is 10.1. The molecule has 2 nitrogen and oxygen atoms in total. The Labute approximate surface area is 257 Å². The zero-order chi connectivity index (χ0) is 31.5. The van der Waals surface area contributed by atoms with Gasteiger partial charge in [0.15, 0.2) is 0 Å². The highest BCUT2D eigenvalue weighted by molar-refractivity contribution is 5.45. The maximum atomic E-state index is 10.1. The second-order valence-corrected chi connectivity index (χ2v) is 14.0. The molecule has 0 radical (unpaired) electrons. The Morgan fingerprint density at radius 2 is 1.31 bits per heavy atom. The molecule has 42 heavy (non-hydrogen) atoms. The third-order valence-corrected chi connectivity index (χ3v) is 8.52. The molecule has 0 aromatic rings. The van der Waals surface area contributed by atoms with Crippen molar-refractivity contribution in [3.8, 4) is 11.8 Å². The molecule has 0 saturated heterocycles. The molecule has 228 valence electrons. The van der Waals surface area contributed by atoms with Crippen molar-refractivity contribution in [2.24, 2.45) is 22.7 Å². The van der Waals surface area contributed by atoms with E-state index in [0.29, 0.717) is 11.8 Å². The third-order valence-electron chi connectivity index (χ3n) is 8.52. The summed E-state index contributed by atoms with van der Waals surface area (Å²) in [5.41, 5.74) is 7.03. The van der Waals surface area contributed by atoms with Gasteiger partial charge in [0, 0.05) is 11.0 Å². The molecular weight excluding hydrogens is 512 g/mol. The Kier molecular flexibility index (Phi) is 13.6. The van der Waals surface area contributed by atoms with Gasteiger partial charge in [0.05, 0.1) is 12.2 Å². The summed E-state index contributed by atoms with van der Waals surface area (Å²) >= 11 is 0. The maximum Gasteiger partial charge on any atom is 0.0586 e. The van der Waals surface area contributed by atoms with Crippen LogP contribution in [0.2, 0.25) is 0 Å². The van der Waals surface area contributed by atoms with Crippen molar-refractivity contribution in [2.45, 2.75) is 107 Å². The van der Waals surface area contributed by atoms with Gasteiger partial charge < -0.3 is 10.2 Å². The third kappa shape index (κ3) is 11.8. The molecule has 0 spiro atoms. The first-order valence-electron chi connectivity index (χ1n) is 15.6. The van der Waals surface area contributed by atoms with E-state index in [1.165, 1.54) is 27.9 Å². The molecule has 4 atom stereocenters. The van der Waals surface area contributed by atoms with Crippen molar-refractivity contribution in [3.63, 3.8) is 0 Å². The van der Waals surface area contributed by atoms with Gasteiger partial charge in [-0.1, -0.05) is 142 Å². The summed E-state index contributed by atoms with van der Waals surface area (Å²) in [5.74, 6) is 7.66. The van der Waals surface area contributed by atoms with Gasteiger partial charge in [-0.25, -0.2) is 0 Å². The predicted molar refractivity (Wildman–Crippen MR) is 183 cm³/mol. The number of hydrogen-bond donors (Lipinski definition) is 2. The summed E-state index contributed by atoms with van der Waals surface area (Å²) in [4.78, 5) is 0. The summed E-state index contributed by atoms with van der Waals surface area (Å²) in [6, 6.07) is 0. The van der Waals surface area contributed by atoms with Gasteiger partial charge in [-0.2, -0.15) is 0 Å². The van der Waals surface area contributed by atoms with E-state index >= 15 is 0 Å². The van der Waals surface area contributed by atoms with Crippen LogP contribution in [0, 0.1) is 34.5 Å². The van der Waals surface area contributed by atoms with E-state index < -0.39 is 0 Å². The van der Waals surface area contributed by atoms with Crippen LogP contribution in [0.15, 0.2) is 106 Å². The van der Waals surface area contributed by atoms with Crippen molar-refractivity contribution in [1.29, 1.82) is 0 Å². The molecule has 1 saturated carbocycles. The Hall–Kier alpha value is -2.86. The molecule has 2 aliphatic rings. The van der Waals surface area contributed by atoms with Crippen molar-refractivity contribution >= 4 is 0 Å². The topological polar surface area (TPSA) is 40.5 Å². The molecule has 0 unspecified atom stereocenters. The molecule has 2 N–H and O–H groups in total. The normalized spacial score (nSPS) is 27.9. The number of aliphatic hydroxyl groups is 2. The number of aliphatic hydroxyl groups excluding tert-OH is 2. The lowest BCUT2D eigenvalue weighted by Crippen LogP contribution is -2.38. The van der Waals surface area contributed by atoms with E-state index in [0.717, 1.165) is 31.3 Å². The van der Waals surface area contributed by atoms with E-state index in [1.54, 1.807) is 0 Å². The summed E-state index contributed by atoms with van der Waals surface area (Å²) < 4.78 is 0. The summed E-state index contributed by atoms with van der Waals surface area (Å²) in [6.07, 6.45) is 28.3. The standard InChI is InChI=1S/C40H56O2/c1-29(17-13-19-31(3)21-23-37-33(5)25-35(41)27-39(37,7)8)15-11-12-16-30(2)18-14-20-32(4)22-24-38-34(6)26-36(42)28-40(38,9)10/h11-21,23,33,35-37,41-42H,25-28H2,1-10H3/b12-11+,17-13+,18-14+,23-21+,29-15+,30-16+,31-19+,32-20+/t33-,35+,36+,37-/m0/s1. The van der Waals surface area contributed by atoms with Crippen LogP contribution in [0.3, 0.4) is 0 Å². The lowest BCUT2D eigenvalue weighted by atomic mass is 9.63. The fraction of sp³-hybridized carbons (Fsp3) is 0.500. The van der Waals surface area contributed by atoms with Crippen LogP contribution >= 0.6 is 0 Å². The number of rotatable bonds is 8. The Balaban J connectivity index is 1.90. The van der Waals surface area contributed by atoms with Gasteiger partial charge in [-0.15, -0.1) is 0 Å². The molecule has 2 rings (SSSR count). The molecule has 1 fully saturated rings. The molecule has 0 bridgehead atoms. The minimum Gasteiger partial charge on any atom is -0.393 e. The lowest BCUT2D eigenvalue weighted by Gasteiger charge is -2.43. The van der Waals surface area contributed by atoms with Gasteiger partial charge in [0.2, 0.25) is 0 Å². The highest BCUT2D eigenvalue weighted by atomic mass is 16.3. The van der Waals surface area contributed by atoms with Crippen LogP contribution < -0.4 is 0 Å². The monoisotopic (exact) mass is 568 g/mol. The first kappa shape index (κ1) is 35.3. The van der Waals surface area contributed by atoms with E-state index in [4.69, 9.17) is 0 Å². The largest absolute Gasteiger partial charge is 0.393 e. The first-order chi connectivity index (χ1) is 19.6. The first-order valence-corrected chi connectivity index (χ1v) is 15.6. The molecular formula is C40H56O2. The Bertz CT molecular complexity index is 1270. The second-order valence-electron chi connectivity index (χ2n) is 14.0. The zero-order valence-corrected chi connectivity index (χ0v) is 28.0. The van der Waals surface area contributed by atoms with Crippen LogP contribution in [-0.2, 0) is 0 Å². The van der Waals surface area contributed by atoms with Crippen molar-refractivity contribution in [1.82, 2.24) is 0 Å². The van der Waals surface area contributed by atoms with Crippen LogP contribution in [0.4, 0.5) is 0 Å². The number of hydrogen-bond acceptors (Lipinski definition) is 2. The Morgan fingerprint density at radius 3 is 1.88 bits per heavy atom. The average Bonchev–Trinajstić information content (AvgIpc) is 2.84. The molecule has 0 aromatic carbocycles. The predicted octanol–water partition coefficient (Wildman–Crippen LogP) is 9.93. The minimum absolute atomic E-state index is 0.0799. The van der Waals surface area contributed by atoms with Crippen molar-refractivity contribution < 1.29 is 10.2 Å². The van der Waals surface area contributed by atoms with E-state index in [-0.39, 0.29) is 23.0 Å². The van der Waals surface area contributed by atoms with E-state index in [9.17, 15) is 10.2 Å². The lowest BCUT2D eigenvalue weighted by molar-refractivity contribution is 0.00771. The SMILES string of the molecule is CC1=C(C#C/C(C)=C/C=C/C(C)=C/C=C/C=C(C)/C=C/C=C(C)/C=C/[C@H]2[C@@H](C)C[C@@H](O)CC2(C)C)C(C)(C)C[C@H](O)C1. The molecule has 2 aliphatic carbocycles.